The molecule has 0 atom stereocenters. The number of nitrogens with one attached hydrogen (secondary N) is 1. The Bertz CT molecular complexity index is 1310. The molecule has 0 aliphatic carbocycles. The Morgan fingerprint density at radius 3 is 2.70 bits per heavy atom. The van der Waals surface area contributed by atoms with E-state index in [1.165, 1.54) is 6.08 Å². The van der Waals surface area contributed by atoms with Crippen molar-refractivity contribution in [3.8, 4) is 11.8 Å². The van der Waals surface area contributed by atoms with Crippen LogP contribution in [0, 0.1) is 18.3 Å². The number of aryl methyl sites for hydroxylation is 1. The van der Waals surface area contributed by atoms with Crippen LogP contribution in [0.15, 0.2) is 72.4 Å². The van der Waals surface area contributed by atoms with Gasteiger partial charge in [0.2, 0.25) is 0 Å². The van der Waals surface area contributed by atoms with Crippen molar-refractivity contribution >= 4 is 40.2 Å². The number of hydrogen-bond acceptors (Lipinski definition) is 4. The summed E-state index contributed by atoms with van der Waals surface area (Å²) in [6.45, 7) is 1.78. The van der Waals surface area contributed by atoms with Gasteiger partial charge in [-0.2, -0.15) is 10.4 Å². The van der Waals surface area contributed by atoms with Crippen LogP contribution in [0.5, 0.6) is 0 Å². The average Bonchev–Trinajstić information content (AvgIpc) is 3.06. The van der Waals surface area contributed by atoms with Gasteiger partial charge in [0.25, 0.3) is 5.91 Å². The summed E-state index contributed by atoms with van der Waals surface area (Å²) in [5, 5.41) is 17.9. The molecule has 0 unspecified atom stereocenters. The molecule has 146 valence electrons. The van der Waals surface area contributed by atoms with Gasteiger partial charge in [-0.25, -0.2) is 4.68 Å². The molecule has 2 aromatic carbocycles. The lowest BCUT2D eigenvalue weighted by Crippen LogP contribution is -2.13. The molecule has 0 radical (unpaired) electrons. The smallest absolute Gasteiger partial charge is 0.266 e. The van der Waals surface area contributed by atoms with Crippen molar-refractivity contribution in [3.05, 3.63) is 88.8 Å². The van der Waals surface area contributed by atoms with Crippen LogP contribution in [-0.2, 0) is 4.79 Å². The molecule has 0 saturated heterocycles. The maximum Gasteiger partial charge on any atom is 0.266 e. The lowest BCUT2D eigenvalue weighted by Gasteiger charge is -2.07. The van der Waals surface area contributed by atoms with E-state index in [0.29, 0.717) is 22.1 Å². The number of nitriles is 1. The molecule has 0 fully saturated rings. The molecule has 1 amide bonds. The van der Waals surface area contributed by atoms with Crippen LogP contribution in [0.3, 0.4) is 0 Å². The standard InChI is InChI=1S/C23H16ClN5O/c1-15-19(22(24)29(28-15)17-7-3-2-4-8-17)13-16(14-25)23(30)27-21-11-5-10-20-18(21)9-6-12-26-20/h2-13H,1H3,(H,27,30). The van der Waals surface area contributed by atoms with Gasteiger partial charge in [0.1, 0.15) is 16.8 Å². The molecule has 0 aliphatic heterocycles. The fourth-order valence-electron chi connectivity index (χ4n) is 3.11. The molecule has 4 rings (SSSR count). The van der Waals surface area contributed by atoms with Gasteiger partial charge in [-0.15, -0.1) is 0 Å². The minimum Gasteiger partial charge on any atom is -0.321 e. The summed E-state index contributed by atoms with van der Waals surface area (Å²) in [5.74, 6) is -0.531. The quantitative estimate of drug-likeness (QED) is 0.380. The van der Waals surface area contributed by atoms with Crippen molar-refractivity contribution in [1.82, 2.24) is 14.8 Å². The second kappa shape index (κ2) is 8.19. The molecule has 30 heavy (non-hydrogen) atoms. The van der Waals surface area contributed by atoms with Gasteiger partial charge in [-0.05, 0) is 49.4 Å². The van der Waals surface area contributed by atoms with Gasteiger partial charge in [0.05, 0.1) is 22.6 Å². The third-order valence-corrected chi connectivity index (χ3v) is 4.96. The Morgan fingerprint density at radius 1 is 1.13 bits per heavy atom. The molecular weight excluding hydrogens is 398 g/mol. The summed E-state index contributed by atoms with van der Waals surface area (Å²) < 4.78 is 1.58. The maximum atomic E-state index is 12.8. The van der Waals surface area contributed by atoms with Crippen LogP contribution in [0.25, 0.3) is 22.7 Å². The molecule has 1 N–H and O–H groups in total. The topological polar surface area (TPSA) is 83.6 Å². The van der Waals surface area contributed by atoms with Gasteiger partial charge in [-0.1, -0.05) is 35.9 Å². The number of amides is 1. The first-order valence-corrected chi connectivity index (χ1v) is 9.53. The number of benzene rings is 2. The van der Waals surface area contributed by atoms with Crippen LogP contribution in [0.1, 0.15) is 11.3 Å². The zero-order valence-electron chi connectivity index (χ0n) is 16.0. The predicted molar refractivity (Wildman–Crippen MR) is 117 cm³/mol. The Kier molecular flexibility index (Phi) is 5.29. The Morgan fingerprint density at radius 2 is 1.93 bits per heavy atom. The van der Waals surface area contributed by atoms with E-state index in [-0.39, 0.29) is 5.57 Å². The summed E-state index contributed by atoms with van der Waals surface area (Å²) in [6.07, 6.45) is 3.15. The predicted octanol–water partition coefficient (Wildman–Crippen LogP) is 4.93. The van der Waals surface area contributed by atoms with E-state index in [9.17, 15) is 10.1 Å². The number of para-hydroxylation sites is 1. The van der Waals surface area contributed by atoms with Crippen molar-refractivity contribution in [2.75, 3.05) is 5.32 Å². The number of hydrogen-bond donors (Lipinski definition) is 1. The monoisotopic (exact) mass is 413 g/mol. The first kappa shape index (κ1) is 19.4. The largest absolute Gasteiger partial charge is 0.321 e. The molecular formula is C23H16ClN5O. The number of carbonyl (C=O) groups is 1. The van der Waals surface area contributed by atoms with Gasteiger partial charge >= 0.3 is 0 Å². The first-order valence-electron chi connectivity index (χ1n) is 9.16. The summed E-state index contributed by atoms with van der Waals surface area (Å²) in [4.78, 5) is 17.1. The highest BCUT2D eigenvalue weighted by Gasteiger charge is 2.17. The Labute approximate surface area is 178 Å². The van der Waals surface area contributed by atoms with Crippen LogP contribution in [0.2, 0.25) is 5.15 Å². The molecule has 6 nitrogen and oxygen atoms in total. The van der Waals surface area contributed by atoms with Crippen molar-refractivity contribution < 1.29 is 4.79 Å². The highest BCUT2D eigenvalue weighted by Crippen LogP contribution is 2.26. The third-order valence-electron chi connectivity index (χ3n) is 4.60. The number of rotatable bonds is 4. The third kappa shape index (κ3) is 3.66. The average molecular weight is 414 g/mol. The summed E-state index contributed by atoms with van der Waals surface area (Å²) in [6, 6.07) is 20.4. The molecule has 0 aliphatic rings. The number of nitrogens with zero attached hydrogens (tertiary/aromatic N) is 4. The number of pyridine rings is 1. The van der Waals surface area contributed by atoms with Gasteiger partial charge in [0.15, 0.2) is 0 Å². The van der Waals surface area contributed by atoms with Crippen molar-refractivity contribution in [3.63, 3.8) is 0 Å². The van der Waals surface area contributed by atoms with E-state index in [1.807, 2.05) is 48.5 Å². The molecule has 7 heteroatoms. The van der Waals surface area contributed by atoms with Crippen LogP contribution < -0.4 is 5.32 Å². The lowest BCUT2D eigenvalue weighted by atomic mass is 10.1. The van der Waals surface area contributed by atoms with Crippen LogP contribution in [-0.4, -0.2) is 20.7 Å². The van der Waals surface area contributed by atoms with E-state index in [2.05, 4.69) is 15.4 Å². The number of carbonyl (C=O) groups excluding carboxylic acids is 1. The molecule has 2 heterocycles. The normalized spacial score (nSPS) is 11.3. The van der Waals surface area contributed by atoms with E-state index in [0.717, 1.165) is 16.6 Å². The highest BCUT2D eigenvalue weighted by atomic mass is 35.5. The van der Waals surface area contributed by atoms with Crippen molar-refractivity contribution in [2.24, 2.45) is 0 Å². The fourth-order valence-corrected chi connectivity index (χ4v) is 3.44. The van der Waals surface area contributed by atoms with E-state index < -0.39 is 5.91 Å². The Hall–Kier alpha value is -3.95. The second-order valence-corrected chi connectivity index (χ2v) is 6.89. The molecule has 0 bridgehead atoms. The first-order chi connectivity index (χ1) is 14.6. The minimum absolute atomic E-state index is 0.0755. The SMILES string of the molecule is Cc1nn(-c2ccccc2)c(Cl)c1C=C(C#N)C(=O)Nc1cccc2ncccc12. The highest BCUT2D eigenvalue weighted by molar-refractivity contribution is 6.31. The molecule has 4 aromatic rings. The fraction of sp³-hybridized carbons (Fsp3) is 0.0435. The van der Waals surface area contributed by atoms with Gasteiger partial charge < -0.3 is 5.32 Å². The van der Waals surface area contributed by atoms with Crippen molar-refractivity contribution in [1.29, 1.82) is 5.26 Å². The minimum atomic E-state index is -0.531. The maximum absolute atomic E-state index is 12.8. The van der Waals surface area contributed by atoms with E-state index >= 15 is 0 Å². The molecule has 0 saturated carbocycles. The molecule has 0 spiro atoms. The zero-order chi connectivity index (χ0) is 21.1. The van der Waals surface area contributed by atoms with E-state index in [4.69, 9.17) is 11.6 Å². The summed E-state index contributed by atoms with van der Waals surface area (Å²) in [7, 11) is 0. The summed E-state index contributed by atoms with van der Waals surface area (Å²) in [5.41, 5.74) is 3.17. The Balaban J connectivity index is 1.68. The van der Waals surface area contributed by atoms with Crippen molar-refractivity contribution in [2.45, 2.75) is 6.92 Å². The number of aromatic nitrogens is 3. The number of halogens is 1. The number of fused-ring (bicyclic) bond motifs is 1. The summed E-state index contributed by atoms with van der Waals surface area (Å²) >= 11 is 6.51. The van der Waals surface area contributed by atoms with E-state index in [1.54, 1.807) is 36.0 Å². The number of anilines is 1. The van der Waals surface area contributed by atoms with Crippen LogP contribution >= 0.6 is 11.6 Å². The zero-order valence-corrected chi connectivity index (χ0v) is 16.8. The van der Waals surface area contributed by atoms with Crippen LogP contribution in [0.4, 0.5) is 5.69 Å². The molecule has 2 aromatic heterocycles. The van der Waals surface area contributed by atoms with Gasteiger partial charge in [0, 0.05) is 17.1 Å². The second-order valence-electron chi connectivity index (χ2n) is 6.54. The lowest BCUT2D eigenvalue weighted by molar-refractivity contribution is -0.112. The van der Waals surface area contributed by atoms with Gasteiger partial charge in [-0.3, -0.25) is 9.78 Å².